The number of carbonyl (C=O) groups excluding carboxylic acids is 2. The van der Waals surface area contributed by atoms with Gasteiger partial charge in [0.1, 0.15) is 12.4 Å². The highest BCUT2D eigenvalue weighted by molar-refractivity contribution is 7.14. The molecule has 2 aromatic carbocycles. The summed E-state index contributed by atoms with van der Waals surface area (Å²) in [5, 5.41) is 2.24. The molecule has 0 aliphatic heterocycles. The number of amides is 1. The monoisotopic (exact) mass is 408 g/mol. The molecule has 6 nitrogen and oxygen atoms in total. The lowest BCUT2D eigenvalue weighted by Gasteiger charge is -2.20. The molecular formula is C22H20N2O4S. The standard InChI is InChI=1S/C22H20N2O4S/c1-16(25)24(19-10-6-7-11-20(19)27-2)22-23-18(15-29-22)14-28-21(26)13-12-17-8-4-3-5-9-17/h3-13,15H,14H2,1-2H3/b13-12+. The Hall–Kier alpha value is -3.45. The van der Waals surface area contributed by atoms with Crippen molar-refractivity contribution in [2.45, 2.75) is 13.5 Å². The fourth-order valence-corrected chi connectivity index (χ4v) is 3.47. The number of rotatable bonds is 7. The lowest BCUT2D eigenvalue weighted by Crippen LogP contribution is -2.23. The van der Waals surface area contributed by atoms with E-state index in [0.29, 0.717) is 22.3 Å². The second kappa shape index (κ2) is 9.66. The molecule has 0 spiro atoms. The zero-order valence-corrected chi connectivity index (χ0v) is 16.9. The molecule has 0 aliphatic carbocycles. The minimum absolute atomic E-state index is 0.0200. The van der Waals surface area contributed by atoms with Gasteiger partial charge in [-0.3, -0.25) is 9.69 Å². The minimum Gasteiger partial charge on any atom is -0.495 e. The predicted octanol–water partition coefficient (Wildman–Crippen LogP) is 4.59. The molecule has 1 heterocycles. The van der Waals surface area contributed by atoms with Gasteiger partial charge in [-0.25, -0.2) is 9.78 Å². The van der Waals surface area contributed by atoms with Gasteiger partial charge in [0.2, 0.25) is 5.91 Å². The van der Waals surface area contributed by atoms with E-state index in [2.05, 4.69) is 4.98 Å². The molecule has 0 fully saturated rings. The van der Waals surface area contributed by atoms with Crippen LogP contribution in [0, 0.1) is 0 Å². The van der Waals surface area contributed by atoms with Crippen molar-refractivity contribution in [3.63, 3.8) is 0 Å². The van der Waals surface area contributed by atoms with E-state index in [9.17, 15) is 9.59 Å². The zero-order chi connectivity index (χ0) is 20.6. The van der Waals surface area contributed by atoms with Crippen molar-refractivity contribution in [1.82, 2.24) is 4.98 Å². The van der Waals surface area contributed by atoms with Gasteiger partial charge in [-0.2, -0.15) is 0 Å². The number of methoxy groups -OCH3 is 1. The minimum atomic E-state index is -0.462. The van der Waals surface area contributed by atoms with E-state index in [1.807, 2.05) is 42.5 Å². The summed E-state index contributed by atoms with van der Waals surface area (Å²) < 4.78 is 10.6. The van der Waals surface area contributed by atoms with Crippen molar-refractivity contribution < 1.29 is 19.1 Å². The van der Waals surface area contributed by atoms with Crippen LogP contribution in [-0.2, 0) is 20.9 Å². The number of nitrogens with zero attached hydrogens (tertiary/aromatic N) is 2. The SMILES string of the molecule is COc1ccccc1N(C(C)=O)c1nc(COC(=O)/C=C/c2ccccc2)cs1. The molecule has 0 bridgehead atoms. The van der Waals surface area contributed by atoms with E-state index in [4.69, 9.17) is 9.47 Å². The molecule has 7 heteroatoms. The molecule has 1 amide bonds. The summed E-state index contributed by atoms with van der Waals surface area (Å²) in [6.07, 6.45) is 3.06. The summed E-state index contributed by atoms with van der Waals surface area (Å²) in [6, 6.07) is 16.7. The quantitative estimate of drug-likeness (QED) is 0.422. The predicted molar refractivity (Wildman–Crippen MR) is 113 cm³/mol. The van der Waals surface area contributed by atoms with E-state index >= 15 is 0 Å². The van der Waals surface area contributed by atoms with Crippen molar-refractivity contribution in [2.24, 2.45) is 0 Å². The maximum atomic E-state index is 12.3. The third-order valence-electron chi connectivity index (χ3n) is 3.95. The van der Waals surface area contributed by atoms with Crippen LogP contribution in [0.1, 0.15) is 18.2 Å². The van der Waals surface area contributed by atoms with Crippen LogP contribution in [0.3, 0.4) is 0 Å². The first kappa shape index (κ1) is 20.3. The maximum absolute atomic E-state index is 12.3. The number of para-hydroxylation sites is 2. The number of hydrogen-bond acceptors (Lipinski definition) is 6. The number of carbonyl (C=O) groups is 2. The van der Waals surface area contributed by atoms with Crippen LogP contribution in [0.4, 0.5) is 10.8 Å². The number of anilines is 2. The Bertz CT molecular complexity index is 1010. The van der Waals surface area contributed by atoms with E-state index in [-0.39, 0.29) is 12.5 Å². The molecule has 0 N–H and O–H groups in total. The third kappa shape index (κ3) is 5.30. The fourth-order valence-electron chi connectivity index (χ4n) is 2.61. The van der Waals surface area contributed by atoms with Crippen molar-refractivity contribution in [3.8, 4) is 5.75 Å². The van der Waals surface area contributed by atoms with Gasteiger partial charge in [-0.05, 0) is 23.8 Å². The molecule has 0 saturated heterocycles. The van der Waals surface area contributed by atoms with Crippen LogP contribution < -0.4 is 9.64 Å². The largest absolute Gasteiger partial charge is 0.495 e. The first-order valence-electron chi connectivity index (χ1n) is 8.86. The number of thiazole rings is 1. The Balaban J connectivity index is 1.68. The number of aromatic nitrogens is 1. The van der Waals surface area contributed by atoms with Crippen LogP contribution in [0.5, 0.6) is 5.75 Å². The fraction of sp³-hybridized carbons (Fsp3) is 0.136. The van der Waals surface area contributed by atoms with E-state index in [1.54, 1.807) is 30.7 Å². The Morgan fingerprint density at radius 3 is 2.55 bits per heavy atom. The van der Waals surface area contributed by atoms with Crippen LogP contribution in [0.15, 0.2) is 66.1 Å². The van der Waals surface area contributed by atoms with Gasteiger partial charge in [0.15, 0.2) is 5.13 Å². The summed E-state index contributed by atoms with van der Waals surface area (Å²) in [5.41, 5.74) is 2.08. The van der Waals surface area contributed by atoms with Crippen molar-refractivity contribution in [2.75, 3.05) is 12.0 Å². The smallest absolute Gasteiger partial charge is 0.331 e. The average Bonchev–Trinajstić information content (AvgIpc) is 3.20. The lowest BCUT2D eigenvalue weighted by molar-refractivity contribution is -0.139. The Morgan fingerprint density at radius 2 is 1.83 bits per heavy atom. The molecule has 0 unspecified atom stereocenters. The normalized spacial score (nSPS) is 10.7. The summed E-state index contributed by atoms with van der Waals surface area (Å²) in [6.45, 7) is 1.48. The van der Waals surface area contributed by atoms with Gasteiger partial charge in [-0.1, -0.05) is 42.5 Å². The second-order valence-electron chi connectivity index (χ2n) is 6.00. The average molecular weight is 408 g/mol. The maximum Gasteiger partial charge on any atom is 0.331 e. The summed E-state index contributed by atoms with van der Waals surface area (Å²) in [5.74, 6) is -0.0910. The van der Waals surface area contributed by atoms with Crippen molar-refractivity contribution >= 4 is 40.1 Å². The van der Waals surface area contributed by atoms with Crippen LogP contribution in [-0.4, -0.2) is 24.0 Å². The third-order valence-corrected chi connectivity index (χ3v) is 4.82. The first-order chi connectivity index (χ1) is 14.1. The highest BCUT2D eigenvalue weighted by Crippen LogP contribution is 2.35. The van der Waals surface area contributed by atoms with E-state index in [0.717, 1.165) is 5.56 Å². The molecular weight excluding hydrogens is 388 g/mol. The molecule has 29 heavy (non-hydrogen) atoms. The summed E-state index contributed by atoms with van der Waals surface area (Å²) in [7, 11) is 1.55. The molecule has 3 aromatic rings. The number of hydrogen-bond donors (Lipinski definition) is 0. The van der Waals surface area contributed by atoms with Gasteiger partial charge >= 0.3 is 5.97 Å². The summed E-state index contributed by atoms with van der Waals surface area (Å²) in [4.78, 5) is 30.1. The summed E-state index contributed by atoms with van der Waals surface area (Å²) >= 11 is 1.29. The van der Waals surface area contributed by atoms with Gasteiger partial charge in [0, 0.05) is 18.4 Å². The van der Waals surface area contributed by atoms with Crippen molar-refractivity contribution in [1.29, 1.82) is 0 Å². The molecule has 0 aliphatic rings. The van der Waals surface area contributed by atoms with Crippen LogP contribution in [0.25, 0.3) is 6.08 Å². The number of benzene rings is 2. The lowest BCUT2D eigenvalue weighted by atomic mass is 10.2. The highest BCUT2D eigenvalue weighted by Gasteiger charge is 2.21. The van der Waals surface area contributed by atoms with E-state index < -0.39 is 5.97 Å². The topological polar surface area (TPSA) is 68.7 Å². The molecule has 148 valence electrons. The number of esters is 1. The van der Waals surface area contributed by atoms with Gasteiger partial charge in [0.05, 0.1) is 18.5 Å². The van der Waals surface area contributed by atoms with Gasteiger partial charge in [0.25, 0.3) is 0 Å². The Morgan fingerprint density at radius 1 is 1.10 bits per heavy atom. The highest BCUT2D eigenvalue weighted by atomic mass is 32.1. The molecule has 0 saturated carbocycles. The van der Waals surface area contributed by atoms with Crippen LogP contribution >= 0.6 is 11.3 Å². The molecule has 0 radical (unpaired) electrons. The Labute approximate surface area is 173 Å². The molecule has 1 aromatic heterocycles. The van der Waals surface area contributed by atoms with Gasteiger partial charge < -0.3 is 9.47 Å². The Kier molecular flexibility index (Phi) is 6.76. The molecule has 3 rings (SSSR count). The number of ether oxygens (including phenoxy) is 2. The van der Waals surface area contributed by atoms with E-state index in [1.165, 1.54) is 29.2 Å². The van der Waals surface area contributed by atoms with Gasteiger partial charge in [-0.15, -0.1) is 11.3 Å². The molecule has 0 atom stereocenters. The first-order valence-corrected chi connectivity index (χ1v) is 9.74. The second-order valence-corrected chi connectivity index (χ2v) is 6.84. The van der Waals surface area contributed by atoms with Crippen LogP contribution in [0.2, 0.25) is 0 Å². The van der Waals surface area contributed by atoms with Crippen molar-refractivity contribution in [3.05, 3.63) is 77.3 Å². The zero-order valence-electron chi connectivity index (χ0n) is 16.1.